The van der Waals surface area contributed by atoms with Crippen molar-refractivity contribution in [2.75, 3.05) is 32.8 Å². The molecule has 0 aromatic carbocycles. The quantitative estimate of drug-likeness (QED) is 0.881. The predicted molar refractivity (Wildman–Crippen MR) is 70.9 cm³/mol. The molecule has 3 rings (SSSR count). The van der Waals surface area contributed by atoms with E-state index in [1.54, 1.807) is 6.26 Å². The lowest BCUT2D eigenvalue weighted by atomic mass is 10.0. The summed E-state index contributed by atoms with van der Waals surface area (Å²) in [6.07, 6.45) is 3.27. The molecule has 1 amide bonds. The molecule has 2 saturated heterocycles. The van der Waals surface area contributed by atoms with Gasteiger partial charge in [-0.3, -0.25) is 9.69 Å². The van der Waals surface area contributed by atoms with E-state index in [9.17, 15) is 4.79 Å². The van der Waals surface area contributed by atoms with Gasteiger partial charge < -0.3 is 19.2 Å². The maximum Gasteiger partial charge on any atom is 0.234 e. The summed E-state index contributed by atoms with van der Waals surface area (Å²) in [4.78, 5) is 14.0. The van der Waals surface area contributed by atoms with Crippen LogP contribution >= 0.6 is 0 Å². The third kappa shape index (κ3) is 3.20. The molecule has 0 bridgehead atoms. The number of nitrogens with one attached hydrogen (secondary N) is 1. The first kappa shape index (κ1) is 13.6. The highest BCUT2D eigenvalue weighted by Crippen LogP contribution is 2.30. The summed E-state index contributed by atoms with van der Waals surface area (Å²) in [5.41, 5.74) is 0. The highest BCUT2D eigenvalue weighted by molar-refractivity contribution is 5.77. The first-order valence-corrected chi connectivity index (χ1v) is 7.05. The molecule has 0 unspecified atom stereocenters. The third-order valence-electron chi connectivity index (χ3n) is 3.84. The zero-order valence-corrected chi connectivity index (χ0v) is 11.5. The van der Waals surface area contributed by atoms with Gasteiger partial charge in [0, 0.05) is 25.9 Å². The lowest BCUT2D eigenvalue weighted by molar-refractivity contribution is -0.185. The Balaban J connectivity index is 1.39. The zero-order chi connectivity index (χ0) is 13.8. The molecule has 1 spiro atoms. The molecule has 1 aromatic rings. The highest BCUT2D eigenvalue weighted by Gasteiger charge is 2.39. The van der Waals surface area contributed by atoms with Crippen LogP contribution in [0.4, 0.5) is 0 Å². The van der Waals surface area contributed by atoms with Crippen LogP contribution in [0.3, 0.4) is 0 Å². The molecule has 2 aliphatic heterocycles. The first-order chi connectivity index (χ1) is 9.76. The number of ether oxygens (including phenoxy) is 2. The van der Waals surface area contributed by atoms with Crippen LogP contribution in [0.2, 0.25) is 0 Å². The Labute approximate surface area is 118 Å². The normalized spacial score (nSPS) is 22.2. The molecule has 2 aliphatic rings. The fourth-order valence-electron chi connectivity index (χ4n) is 2.70. The largest absolute Gasteiger partial charge is 0.467 e. The standard InChI is InChI=1S/C14H20N2O4/c17-13(15-10-12-2-1-7-18-12)11-16-5-3-14(4-6-16)19-8-9-20-14/h1-2,7H,3-6,8-11H2,(H,15,17). The van der Waals surface area contributed by atoms with Crippen LogP contribution < -0.4 is 5.32 Å². The maximum atomic E-state index is 11.9. The van der Waals surface area contributed by atoms with Crippen LogP contribution in [0.25, 0.3) is 0 Å². The number of piperidine rings is 1. The Kier molecular flexibility index (Phi) is 4.05. The summed E-state index contributed by atoms with van der Waals surface area (Å²) in [7, 11) is 0. The van der Waals surface area contributed by atoms with E-state index in [1.807, 2.05) is 12.1 Å². The van der Waals surface area contributed by atoms with Crippen molar-refractivity contribution < 1.29 is 18.7 Å². The van der Waals surface area contributed by atoms with Crippen LogP contribution in [0.1, 0.15) is 18.6 Å². The lowest BCUT2D eigenvalue weighted by Crippen LogP contribution is -2.48. The molecule has 110 valence electrons. The van der Waals surface area contributed by atoms with E-state index in [4.69, 9.17) is 13.9 Å². The Bertz CT molecular complexity index is 430. The fraction of sp³-hybridized carbons (Fsp3) is 0.643. The zero-order valence-electron chi connectivity index (χ0n) is 11.5. The monoisotopic (exact) mass is 280 g/mol. The Morgan fingerprint density at radius 2 is 2.05 bits per heavy atom. The molecule has 2 fully saturated rings. The van der Waals surface area contributed by atoms with Crippen molar-refractivity contribution in [2.45, 2.75) is 25.2 Å². The van der Waals surface area contributed by atoms with Crippen molar-refractivity contribution in [1.29, 1.82) is 0 Å². The SMILES string of the molecule is O=C(CN1CCC2(CC1)OCCO2)NCc1ccco1. The topological polar surface area (TPSA) is 63.9 Å². The number of carbonyl (C=O) groups is 1. The van der Waals surface area contributed by atoms with Gasteiger partial charge in [-0.05, 0) is 12.1 Å². The molecule has 3 heterocycles. The average Bonchev–Trinajstić information content (AvgIpc) is 3.12. The molecule has 6 heteroatoms. The van der Waals surface area contributed by atoms with Crippen molar-refractivity contribution >= 4 is 5.91 Å². The number of carbonyl (C=O) groups excluding carboxylic acids is 1. The lowest BCUT2D eigenvalue weighted by Gasteiger charge is -2.37. The van der Waals surface area contributed by atoms with Gasteiger partial charge >= 0.3 is 0 Å². The number of furan rings is 1. The second kappa shape index (κ2) is 5.95. The van der Waals surface area contributed by atoms with E-state index >= 15 is 0 Å². The van der Waals surface area contributed by atoms with Crippen LogP contribution in [0, 0.1) is 0 Å². The predicted octanol–water partition coefficient (Wildman–Crippen LogP) is 0.735. The second-order valence-electron chi connectivity index (χ2n) is 5.24. The van der Waals surface area contributed by atoms with Gasteiger partial charge in [-0.1, -0.05) is 0 Å². The van der Waals surface area contributed by atoms with Gasteiger partial charge in [0.15, 0.2) is 5.79 Å². The summed E-state index contributed by atoms with van der Waals surface area (Å²) in [6.45, 7) is 3.88. The van der Waals surface area contributed by atoms with Crippen molar-refractivity contribution in [3.05, 3.63) is 24.2 Å². The highest BCUT2D eigenvalue weighted by atomic mass is 16.7. The fourth-order valence-corrected chi connectivity index (χ4v) is 2.70. The third-order valence-corrected chi connectivity index (χ3v) is 3.84. The average molecular weight is 280 g/mol. The van der Waals surface area contributed by atoms with Crippen molar-refractivity contribution in [3.63, 3.8) is 0 Å². The Morgan fingerprint density at radius 3 is 2.70 bits per heavy atom. The van der Waals surface area contributed by atoms with E-state index in [-0.39, 0.29) is 11.7 Å². The van der Waals surface area contributed by atoms with Gasteiger partial charge in [0.05, 0.1) is 32.6 Å². The molecule has 1 N–H and O–H groups in total. The van der Waals surface area contributed by atoms with E-state index in [0.717, 1.165) is 31.7 Å². The Morgan fingerprint density at radius 1 is 1.30 bits per heavy atom. The van der Waals surface area contributed by atoms with Crippen molar-refractivity contribution in [3.8, 4) is 0 Å². The summed E-state index contributed by atoms with van der Waals surface area (Å²) >= 11 is 0. The summed E-state index contributed by atoms with van der Waals surface area (Å²) in [6, 6.07) is 3.66. The number of likely N-dealkylation sites (tertiary alicyclic amines) is 1. The van der Waals surface area contributed by atoms with Crippen molar-refractivity contribution in [2.24, 2.45) is 0 Å². The number of hydrogen-bond donors (Lipinski definition) is 1. The summed E-state index contributed by atoms with van der Waals surface area (Å²) in [5, 5.41) is 2.86. The molecule has 6 nitrogen and oxygen atoms in total. The molecule has 0 aliphatic carbocycles. The summed E-state index contributed by atoms with van der Waals surface area (Å²) in [5.74, 6) is 0.413. The van der Waals surface area contributed by atoms with E-state index in [0.29, 0.717) is 26.3 Å². The van der Waals surface area contributed by atoms with E-state index in [1.165, 1.54) is 0 Å². The molecule has 0 saturated carbocycles. The van der Waals surface area contributed by atoms with Gasteiger partial charge in [0.2, 0.25) is 5.91 Å². The van der Waals surface area contributed by atoms with Gasteiger partial charge in [0.25, 0.3) is 0 Å². The molecule has 20 heavy (non-hydrogen) atoms. The number of rotatable bonds is 4. The van der Waals surface area contributed by atoms with Gasteiger partial charge in [-0.2, -0.15) is 0 Å². The molecule has 1 aromatic heterocycles. The number of hydrogen-bond acceptors (Lipinski definition) is 5. The van der Waals surface area contributed by atoms with Gasteiger partial charge in [-0.25, -0.2) is 0 Å². The van der Waals surface area contributed by atoms with Gasteiger partial charge in [-0.15, -0.1) is 0 Å². The molecular weight excluding hydrogens is 260 g/mol. The van der Waals surface area contributed by atoms with Crippen LogP contribution in [-0.4, -0.2) is 49.4 Å². The number of amides is 1. The van der Waals surface area contributed by atoms with Gasteiger partial charge in [0.1, 0.15) is 5.76 Å². The minimum atomic E-state index is -0.374. The minimum Gasteiger partial charge on any atom is -0.467 e. The van der Waals surface area contributed by atoms with E-state index < -0.39 is 0 Å². The molecular formula is C14H20N2O4. The smallest absolute Gasteiger partial charge is 0.234 e. The van der Waals surface area contributed by atoms with Crippen molar-refractivity contribution in [1.82, 2.24) is 10.2 Å². The Hall–Kier alpha value is -1.37. The maximum absolute atomic E-state index is 11.9. The van der Waals surface area contributed by atoms with Crippen LogP contribution in [-0.2, 0) is 20.8 Å². The van der Waals surface area contributed by atoms with Crippen LogP contribution in [0.15, 0.2) is 22.8 Å². The van der Waals surface area contributed by atoms with Crippen LogP contribution in [0.5, 0.6) is 0 Å². The minimum absolute atomic E-state index is 0.0191. The number of nitrogens with zero attached hydrogens (tertiary/aromatic N) is 1. The second-order valence-corrected chi connectivity index (χ2v) is 5.24. The van der Waals surface area contributed by atoms with E-state index in [2.05, 4.69) is 10.2 Å². The summed E-state index contributed by atoms with van der Waals surface area (Å²) < 4.78 is 16.5. The molecule has 0 radical (unpaired) electrons. The first-order valence-electron chi connectivity index (χ1n) is 7.05. The molecule has 0 atom stereocenters.